The van der Waals surface area contributed by atoms with Crippen LogP contribution < -0.4 is 0 Å². The smallest absolute Gasteiger partial charge is 0.189 e. The van der Waals surface area contributed by atoms with Crippen molar-refractivity contribution in [3.8, 4) is 57.1 Å². The summed E-state index contributed by atoms with van der Waals surface area (Å²) in [5.74, 6) is 0. The van der Waals surface area contributed by atoms with E-state index in [2.05, 4.69) is 372 Å². The average Bonchev–Trinajstić information content (AvgIpc) is 1.54. The fraction of sp³-hybridized carbons (Fsp3) is 0.0198. The topological polar surface area (TPSA) is 81.5 Å². The van der Waals surface area contributed by atoms with E-state index in [0.29, 0.717) is 29.9 Å². The van der Waals surface area contributed by atoms with Gasteiger partial charge in [0.25, 0.3) is 0 Å². The lowest BCUT2D eigenvalue weighted by molar-refractivity contribution is 0.850. The maximum Gasteiger partial charge on any atom is 0.189 e. The van der Waals surface area contributed by atoms with E-state index < -0.39 is 0 Å². The van der Waals surface area contributed by atoms with Crippen LogP contribution in [-0.2, 0) is 13.1 Å². The molecule has 0 saturated carbocycles. The molecule has 6 aromatic heterocycles. The van der Waals surface area contributed by atoms with E-state index in [9.17, 15) is 10.5 Å². The molecule has 0 bridgehead atoms. The molecule has 6 heterocycles. The third kappa shape index (κ3) is 9.78. The van der Waals surface area contributed by atoms with Gasteiger partial charge < -0.3 is 27.4 Å². The van der Waals surface area contributed by atoms with E-state index in [1.54, 1.807) is 6.07 Å². The molecule has 9 heteroatoms. The van der Waals surface area contributed by atoms with Crippen molar-refractivity contribution in [2.75, 3.05) is 0 Å². The lowest BCUT2D eigenvalue weighted by Crippen LogP contribution is -2.12. The molecule has 22 aromatic rings. The number of hydrogen-bond acceptors (Lipinski definition) is 2. The van der Waals surface area contributed by atoms with Crippen molar-refractivity contribution in [1.82, 2.24) is 27.4 Å². The monoisotopic (exact) mass is 1400 g/mol. The summed E-state index contributed by atoms with van der Waals surface area (Å²) < 4.78 is 14.7. The van der Waals surface area contributed by atoms with Gasteiger partial charge in [0.2, 0.25) is 0 Å². The molecule has 110 heavy (non-hydrogen) atoms. The molecule has 0 unspecified atom stereocenters. The summed E-state index contributed by atoms with van der Waals surface area (Å²) in [5.41, 5.74) is 25.8. The minimum Gasteiger partial charge on any atom is -0.336 e. The number of rotatable bonds is 10. The zero-order valence-electron chi connectivity index (χ0n) is 59.5. The number of nitriles is 2. The Bertz CT molecular complexity index is 7360. The second-order valence-corrected chi connectivity index (χ2v) is 28.3. The van der Waals surface area contributed by atoms with Gasteiger partial charge in [-0.3, -0.25) is 0 Å². The van der Waals surface area contributed by atoms with Gasteiger partial charge in [-0.2, -0.15) is 10.5 Å². The summed E-state index contributed by atoms with van der Waals surface area (Å²) in [5, 5.41) is 34.4. The Morgan fingerprint density at radius 2 is 0.500 bits per heavy atom. The number of fused-ring (bicyclic) bond motifs is 18. The molecule has 0 spiro atoms. The van der Waals surface area contributed by atoms with Crippen LogP contribution in [0.4, 0.5) is 5.69 Å². The molecule has 0 radical (unpaired) electrons. The van der Waals surface area contributed by atoms with Crippen LogP contribution in [0.3, 0.4) is 0 Å². The van der Waals surface area contributed by atoms with Gasteiger partial charge in [-0.05, 0) is 126 Å². The van der Waals surface area contributed by atoms with E-state index in [1.807, 2.05) is 24.3 Å². The van der Waals surface area contributed by atoms with Gasteiger partial charge in [-0.15, -0.1) is 0 Å². The molecule has 16 aromatic carbocycles. The molecule has 0 N–H and O–H groups in total. The van der Waals surface area contributed by atoms with Crippen molar-refractivity contribution >= 4 is 137 Å². The zero-order chi connectivity index (χ0) is 73.1. The molecular weight excluding hydrogens is 1340 g/mol. The van der Waals surface area contributed by atoms with E-state index in [-0.39, 0.29) is 0 Å². The molecule has 0 fully saturated rings. The maximum atomic E-state index is 10.2. The van der Waals surface area contributed by atoms with Crippen LogP contribution in [0.1, 0.15) is 22.3 Å². The summed E-state index contributed by atoms with van der Waals surface area (Å²) in [7, 11) is 0. The number of nitrogens with zero attached hydrogens (tertiary/aromatic N) is 9. The van der Waals surface area contributed by atoms with Gasteiger partial charge in [0, 0.05) is 115 Å². The number of hydrogen-bond donors (Lipinski definition) is 0. The first kappa shape index (κ1) is 63.3. The summed E-state index contributed by atoms with van der Waals surface area (Å²) in [6.07, 6.45) is 0. The van der Waals surface area contributed by atoms with Gasteiger partial charge in [-0.25, -0.2) is 4.85 Å². The van der Waals surface area contributed by atoms with Crippen LogP contribution in [0.25, 0.3) is 181 Å². The van der Waals surface area contributed by atoms with Crippen LogP contribution in [0, 0.1) is 29.2 Å². The molecule has 0 aliphatic heterocycles. The lowest BCUT2D eigenvalue weighted by atomic mass is 9.95. The summed E-state index contributed by atoms with van der Waals surface area (Å²) in [4.78, 5) is 3.82. The standard InChI is InChI=1S/C51H31N5.C50H32N4/c1-53-35-29-33(31-52)28-34(30-35)36-26-27-50(55-46-22-10-4-16-39(46)40-17-5-11-23-47(40)55)43(32-54-44-20-8-2-14-37(44)38-15-3-9-21-45(38)54)51(36)56-48-24-12-6-18-41(48)42-19-7-13-25-49(42)56;51-31-33-25-27-34(28-26-33)35-29-30-49(53-45-21-9-3-15-38(45)39-16-4-10-22-46(39)53)42(32-52-43-19-7-1-13-36(43)37-14-2-8-20-44(37)52)50(35)54-47-23-11-5-17-40(47)41-18-6-12-24-48(41)54/h2-30H,32H2;1-30H,32H2. The van der Waals surface area contributed by atoms with Crippen molar-refractivity contribution in [2.24, 2.45) is 0 Å². The van der Waals surface area contributed by atoms with Crippen LogP contribution in [-0.4, -0.2) is 27.4 Å². The van der Waals surface area contributed by atoms with Crippen LogP contribution in [0.15, 0.2) is 358 Å². The van der Waals surface area contributed by atoms with Crippen LogP contribution in [0.2, 0.25) is 0 Å². The van der Waals surface area contributed by atoms with Gasteiger partial charge >= 0.3 is 0 Å². The third-order valence-electron chi connectivity index (χ3n) is 22.6. The van der Waals surface area contributed by atoms with Crippen LogP contribution in [0.5, 0.6) is 0 Å². The number of para-hydroxylation sites is 12. The summed E-state index contributed by atoms with van der Waals surface area (Å²) in [6.45, 7) is 9.15. The molecule has 0 aliphatic rings. The Kier molecular flexibility index (Phi) is 14.7. The first-order valence-corrected chi connectivity index (χ1v) is 37.1. The normalized spacial score (nSPS) is 11.7. The molecular formula is C101H63N9. The van der Waals surface area contributed by atoms with Crippen molar-refractivity contribution in [1.29, 1.82) is 10.5 Å². The Morgan fingerprint density at radius 3 is 0.782 bits per heavy atom. The van der Waals surface area contributed by atoms with E-state index in [1.165, 1.54) is 81.5 Å². The largest absolute Gasteiger partial charge is 0.336 e. The van der Waals surface area contributed by atoms with E-state index >= 15 is 0 Å². The predicted molar refractivity (Wildman–Crippen MR) is 454 cm³/mol. The minimum absolute atomic E-state index is 0.433. The van der Waals surface area contributed by atoms with Crippen molar-refractivity contribution in [3.05, 3.63) is 392 Å². The highest BCUT2D eigenvalue weighted by Gasteiger charge is 2.29. The first-order chi connectivity index (χ1) is 54.5. The third-order valence-corrected chi connectivity index (χ3v) is 22.6. The summed E-state index contributed by atoms with van der Waals surface area (Å²) >= 11 is 0. The van der Waals surface area contributed by atoms with E-state index in [0.717, 1.165) is 105 Å². The first-order valence-electron chi connectivity index (χ1n) is 37.1. The molecule has 512 valence electrons. The second-order valence-electron chi connectivity index (χ2n) is 28.3. The highest BCUT2D eigenvalue weighted by molar-refractivity contribution is 6.15. The Morgan fingerprint density at radius 1 is 0.245 bits per heavy atom. The second kappa shape index (κ2) is 25.5. The Balaban J connectivity index is 0.000000140. The maximum absolute atomic E-state index is 10.2. The molecule has 9 nitrogen and oxygen atoms in total. The molecule has 0 amide bonds. The SMILES string of the molecule is N#Cc1ccc(-c2ccc(-n3c4ccccc4c4ccccc43)c(Cn3c4ccccc4c4ccccc43)c2-n2c3ccccc3c3ccccc32)cc1.[C-]#[N+]c1cc(C#N)cc(-c2ccc(-n3c4ccccc4c4ccccc43)c(Cn3c4ccccc4c4ccccc43)c2-n2c3ccccc3c3ccccc32)c1. The van der Waals surface area contributed by atoms with Gasteiger partial charge in [0.15, 0.2) is 5.69 Å². The Hall–Kier alpha value is -15.2. The van der Waals surface area contributed by atoms with Gasteiger partial charge in [0.05, 0.1) is 104 Å². The number of benzene rings is 16. The zero-order valence-corrected chi connectivity index (χ0v) is 59.5. The highest BCUT2D eigenvalue weighted by Crippen LogP contribution is 2.47. The van der Waals surface area contributed by atoms with Crippen molar-refractivity contribution in [2.45, 2.75) is 13.1 Å². The quantitative estimate of drug-likeness (QED) is 0.128. The number of aromatic nitrogens is 6. The van der Waals surface area contributed by atoms with Crippen LogP contribution >= 0.6 is 0 Å². The van der Waals surface area contributed by atoms with Crippen molar-refractivity contribution in [3.63, 3.8) is 0 Å². The lowest BCUT2D eigenvalue weighted by Gasteiger charge is -2.24. The molecule has 0 atom stereocenters. The van der Waals surface area contributed by atoms with Gasteiger partial charge in [-0.1, -0.05) is 243 Å². The molecule has 0 saturated heterocycles. The van der Waals surface area contributed by atoms with E-state index in [4.69, 9.17) is 6.57 Å². The molecule has 22 rings (SSSR count). The fourth-order valence-electron chi connectivity index (χ4n) is 17.9. The summed E-state index contributed by atoms with van der Waals surface area (Å²) in [6, 6.07) is 132. The average molecular weight is 1400 g/mol. The van der Waals surface area contributed by atoms with Crippen molar-refractivity contribution < 1.29 is 0 Å². The highest BCUT2D eigenvalue weighted by atomic mass is 15.1. The molecule has 0 aliphatic carbocycles. The Labute approximate surface area is 632 Å². The fourth-order valence-corrected chi connectivity index (χ4v) is 17.9. The minimum atomic E-state index is 0.433. The van der Waals surface area contributed by atoms with Gasteiger partial charge in [0.1, 0.15) is 0 Å². The predicted octanol–water partition coefficient (Wildman–Crippen LogP) is 25.7.